The molecule has 1 heterocycles. The molecule has 0 amide bonds. The highest BCUT2D eigenvalue weighted by atomic mass is 32.1. The number of aryl methyl sites for hydroxylation is 1. The first-order valence-electron chi connectivity index (χ1n) is 7.19. The average molecular weight is 269 g/mol. The topological polar surface area (TPSA) is 21.3 Å². The summed E-state index contributed by atoms with van der Waals surface area (Å²) >= 11 is 1.85. The van der Waals surface area contributed by atoms with Gasteiger partial charge in [-0.05, 0) is 44.2 Å². The van der Waals surface area contributed by atoms with E-state index in [2.05, 4.69) is 43.6 Å². The van der Waals surface area contributed by atoms with E-state index in [-0.39, 0.29) is 0 Å². The molecular weight excluding hydrogens is 242 g/mol. The Balaban J connectivity index is 2.49. The zero-order chi connectivity index (χ0) is 13.2. The first-order chi connectivity index (χ1) is 8.81. The van der Waals surface area contributed by atoms with Gasteiger partial charge in [-0.15, -0.1) is 11.3 Å². The maximum Gasteiger partial charge on any atom is 0.0727 e. The molecule has 104 valence electrons. The molecule has 0 saturated heterocycles. The Kier molecular flexibility index (Phi) is 8.31. The summed E-state index contributed by atoms with van der Waals surface area (Å²) in [6.45, 7) is 8.32. The van der Waals surface area contributed by atoms with Crippen molar-refractivity contribution >= 4 is 11.3 Å². The van der Waals surface area contributed by atoms with Crippen LogP contribution in [0.4, 0.5) is 0 Å². The lowest BCUT2D eigenvalue weighted by molar-refractivity contribution is 0.0264. The Labute approximate surface area is 116 Å². The van der Waals surface area contributed by atoms with Crippen molar-refractivity contribution in [3.63, 3.8) is 0 Å². The summed E-state index contributed by atoms with van der Waals surface area (Å²) < 4.78 is 5.91. The van der Waals surface area contributed by atoms with Crippen LogP contribution in [-0.4, -0.2) is 25.3 Å². The summed E-state index contributed by atoms with van der Waals surface area (Å²) in [5.74, 6) is 0. The van der Waals surface area contributed by atoms with E-state index >= 15 is 0 Å². The summed E-state index contributed by atoms with van der Waals surface area (Å²) in [7, 11) is 0. The normalized spacial score (nSPS) is 14.6. The van der Waals surface area contributed by atoms with E-state index in [9.17, 15) is 0 Å². The smallest absolute Gasteiger partial charge is 0.0727 e. The van der Waals surface area contributed by atoms with Crippen molar-refractivity contribution in [1.29, 1.82) is 0 Å². The Morgan fingerprint density at radius 2 is 2.11 bits per heavy atom. The first kappa shape index (κ1) is 15.7. The van der Waals surface area contributed by atoms with E-state index in [0.717, 1.165) is 26.0 Å². The van der Waals surface area contributed by atoms with Crippen molar-refractivity contribution in [3.8, 4) is 0 Å². The van der Waals surface area contributed by atoms with Gasteiger partial charge < -0.3 is 10.1 Å². The summed E-state index contributed by atoms with van der Waals surface area (Å²) in [6, 6.07) is 4.84. The predicted octanol–water partition coefficient (Wildman–Crippen LogP) is 3.86. The maximum absolute atomic E-state index is 5.91. The zero-order valence-electron chi connectivity index (χ0n) is 11.9. The van der Waals surface area contributed by atoms with Crippen molar-refractivity contribution < 1.29 is 4.74 Å². The van der Waals surface area contributed by atoms with Crippen LogP contribution in [-0.2, 0) is 11.2 Å². The van der Waals surface area contributed by atoms with Crippen LogP contribution >= 0.6 is 11.3 Å². The fourth-order valence-electron chi connectivity index (χ4n) is 2.33. The zero-order valence-corrected chi connectivity index (χ0v) is 12.8. The number of hydrogen-bond donors (Lipinski definition) is 1. The van der Waals surface area contributed by atoms with E-state index in [0.29, 0.717) is 12.1 Å². The second-order valence-corrected chi connectivity index (χ2v) is 5.60. The Morgan fingerprint density at radius 3 is 2.67 bits per heavy atom. The van der Waals surface area contributed by atoms with Gasteiger partial charge in [-0.2, -0.15) is 0 Å². The number of ether oxygens (including phenoxy) is 1. The predicted molar refractivity (Wildman–Crippen MR) is 80.4 cm³/mol. The lowest BCUT2D eigenvalue weighted by Crippen LogP contribution is -2.41. The van der Waals surface area contributed by atoms with Crippen LogP contribution in [0.2, 0.25) is 0 Å². The van der Waals surface area contributed by atoms with Crippen molar-refractivity contribution in [3.05, 3.63) is 22.4 Å². The van der Waals surface area contributed by atoms with Gasteiger partial charge >= 0.3 is 0 Å². The number of rotatable bonds is 10. The van der Waals surface area contributed by atoms with E-state index in [4.69, 9.17) is 4.74 Å². The standard InChI is InChI=1S/C15H27NOS/c1-4-8-15(17-6-3)14(16-5-2)11-10-13-9-7-12-18-13/h7,9,12,14-16H,4-6,8,10-11H2,1-3H3. The van der Waals surface area contributed by atoms with Gasteiger partial charge in [0.1, 0.15) is 0 Å². The number of nitrogens with one attached hydrogen (secondary N) is 1. The van der Waals surface area contributed by atoms with Crippen LogP contribution in [0.25, 0.3) is 0 Å². The molecular formula is C15H27NOS. The van der Waals surface area contributed by atoms with Gasteiger partial charge in [-0.1, -0.05) is 26.3 Å². The number of hydrogen-bond acceptors (Lipinski definition) is 3. The molecule has 0 aromatic carbocycles. The molecule has 0 radical (unpaired) electrons. The fraction of sp³-hybridized carbons (Fsp3) is 0.733. The molecule has 0 saturated carbocycles. The minimum Gasteiger partial charge on any atom is -0.377 e. The van der Waals surface area contributed by atoms with Gasteiger partial charge in [-0.25, -0.2) is 0 Å². The van der Waals surface area contributed by atoms with E-state index < -0.39 is 0 Å². The molecule has 0 fully saturated rings. The Hall–Kier alpha value is -0.380. The number of likely N-dealkylation sites (N-methyl/N-ethyl adjacent to an activating group) is 1. The minimum atomic E-state index is 0.361. The van der Waals surface area contributed by atoms with E-state index in [1.165, 1.54) is 17.7 Å². The van der Waals surface area contributed by atoms with Crippen molar-refractivity contribution in [2.45, 2.75) is 58.6 Å². The molecule has 0 aliphatic carbocycles. The first-order valence-corrected chi connectivity index (χ1v) is 8.07. The molecule has 1 rings (SSSR count). The Morgan fingerprint density at radius 1 is 1.28 bits per heavy atom. The van der Waals surface area contributed by atoms with E-state index in [1.54, 1.807) is 0 Å². The average Bonchev–Trinajstić information content (AvgIpc) is 2.87. The highest BCUT2D eigenvalue weighted by molar-refractivity contribution is 7.09. The lowest BCUT2D eigenvalue weighted by Gasteiger charge is -2.27. The molecule has 1 aromatic heterocycles. The van der Waals surface area contributed by atoms with Crippen LogP contribution in [0.3, 0.4) is 0 Å². The SMILES string of the molecule is CCCC(OCC)C(CCc1cccs1)NCC. The summed E-state index contributed by atoms with van der Waals surface area (Å²) in [5, 5.41) is 5.75. The van der Waals surface area contributed by atoms with Gasteiger partial charge in [0.15, 0.2) is 0 Å². The van der Waals surface area contributed by atoms with Crippen molar-refractivity contribution in [2.75, 3.05) is 13.2 Å². The van der Waals surface area contributed by atoms with Crippen LogP contribution in [0.1, 0.15) is 44.9 Å². The molecule has 2 nitrogen and oxygen atoms in total. The molecule has 1 aromatic rings. The van der Waals surface area contributed by atoms with Crippen LogP contribution in [0.15, 0.2) is 17.5 Å². The van der Waals surface area contributed by atoms with Gasteiger partial charge in [0, 0.05) is 17.5 Å². The molecule has 3 heteroatoms. The minimum absolute atomic E-state index is 0.361. The summed E-state index contributed by atoms with van der Waals surface area (Å²) in [6.07, 6.45) is 5.02. The van der Waals surface area contributed by atoms with Crippen molar-refractivity contribution in [1.82, 2.24) is 5.32 Å². The lowest BCUT2D eigenvalue weighted by atomic mass is 10.0. The highest BCUT2D eigenvalue weighted by Crippen LogP contribution is 2.16. The molecule has 0 aliphatic heterocycles. The highest BCUT2D eigenvalue weighted by Gasteiger charge is 2.20. The Bertz CT molecular complexity index is 281. The van der Waals surface area contributed by atoms with Gasteiger partial charge in [0.2, 0.25) is 0 Å². The summed E-state index contributed by atoms with van der Waals surface area (Å²) in [4.78, 5) is 1.48. The third kappa shape index (κ3) is 5.51. The monoisotopic (exact) mass is 269 g/mol. The molecule has 2 unspecified atom stereocenters. The van der Waals surface area contributed by atoms with Crippen LogP contribution in [0, 0.1) is 0 Å². The molecule has 0 aliphatic rings. The van der Waals surface area contributed by atoms with Gasteiger partial charge in [0.25, 0.3) is 0 Å². The molecule has 2 atom stereocenters. The molecule has 0 bridgehead atoms. The van der Waals surface area contributed by atoms with Gasteiger partial charge in [0.05, 0.1) is 6.10 Å². The molecule has 18 heavy (non-hydrogen) atoms. The molecule has 1 N–H and O–H groups in total. The van der Waals surface area contributed by atoms with Gasteiger partial charge in [-0.3, -0.25) is 0 Å². The second kappa shape index (κ2) is 9.54. The second-order valence-electron chi connectivity index (χ2n) is 4.56. The third-order valence-electron chi connectivity index (χ3n) is 3.15. The molecule has 0 spiro atoms. The third-order valence-corrected chi connectivity index (χ3v) is 4.09. The maximum atomic E-state index is 5.91. The van der Waals surface area contributed by atoms with Crippen molar-refractivity contribution in [2.24, 2.45) is 0 Å². The van der Waals surface area contributed by atoms with E-state index in [1.807, 2.05) is 11.3 Å². The fourth-order valence-corrected chi connectivity index (χ4v) is 3.06. The largest absolute Gasteiger partial charge is 0.377 e. The quantitative estimate of drug-likeness (QED) is 0.696. The van der Waals surface area contributed by atoms with Crippen LogP contribution in [0.5, 0.6) is 0 Å². The number of thiophene rings is 1. The summed E-state index contributed by atoms with van der Waals surface area (Å²) in [5.41, 5.74) is 0. The van der Waals surface area contributed by atoms with Crippen LogP contribution < -0.4 is 5.32 Å².